The number of amides is 2. The van der Waals surface area contributed by atoms with Gasteiger partial charge in [0.25, 0.3) is 5.91 Å². The molecule has 2 aromatic rings. The van der Waals surface area contributed by atoms with E-state index in [0.717, 1.165) is 23.3 Å². The van der Waals surface area contributed by atoms with Crippen molar-refractivity contribution in [3.05, 3.63) is 59.7 Å². The third-order valence-electron chi connectivity index (χ3n) is 5.32. The van der Waals surface area contributed by atoms with Gasteiger partial charge in [0.05, 0.1) is 0 Å². The number of nitrogens with zero attached hydrogens (tertiary/aromatic N) is 1. The minimum absolute atomic E-state index is 0.0869. The first-order chi connectivity index (χ1) is 14.3. The van der Waals surface area contributed by atoms with E-state index in [1.165, 1.54) is 0 Å². The molecule has 0 saturated carbocycles. The fourth-order valence-corrected chi connectivity index (χ4v) is 3.19. The maximum absolute atomic E-state index is 12.9. The van der Waals surface area contributed by atoms with E-state index < -0.39 is 6.10 Å². The highest BCUT2D eigenvalue weighted by molar-refractivity contribution is 5.94. The van der Waals surface area contributed by atoms with Crippen LogP contribution in [0, 0.1) is 0 Å². The number of aryl methyl sites for hydroxylation is 1. The Morgan fingerprint density at radius 2 is 1.77 bits per heavy atom. The Morgan fingerprint density at radius 1 is 1.03 bits per heavy atom. The number of ether oxygens (including phenoxy) is 1. The van der Waals surface area contributed by atoms with E-state index >= 15 is 0 Å². The van der Waals surface area contributed by atoms with E-state index in [0.29, 0.717) is 30.9 Å². The number of hydrogen-bond acceptors (Lipinski definition) is 3. The Hall–Kier alpha value is -2.82. The summed E-state index contributed by atoms with van der Waals surface area (Å²) < 4.78 is 6.13. The summed E-state index contributed by atoms with van der Waals surface area (Å²) in [6.45, 7) is 6.25. The van der Waals surface area contributed by atoms with Gasteiger partial charge < -0.3 is 15.0 Å². The van der Waals surface area contributed by atoms with Crippen molar-refractivity contribution in [2.45, 2.75) is 58.5 Å². The van der Waals surface area contributed by atoms with Crippen molar-refractivity contribution in [3.8, 4) is 5.75 Å². The molecule has 5 nitrogen and oxygen atoms in total. The van der Waals surface area contributed by atoms with Crippen LogP contribution < -0.4 is 10.1 Å². The first-order valence-corrected chi connectivity index (χ1v) is 10.7. The zero-order valence-corrected chi connectivity index (χ0v) is 18.8. The van der Waals surface area contributed by atoms with Crippen molar-refractivity contribution in [2.24, 2.45) is 0 Å². The molecule has 2 amide bonds. The quantitative estimate of drug-likeness (QED) is 0.598. The fraction of sp³-hybridized carbons (Fsp3) is 0.440. The normalized spacial score (nSPS) is 12.7. The van der Waals surface area contributed by atoms with Gasteiger partial charge in [-0.25, -0.2) is 0 Å². The summed E-state index contributed by atoms with van der Waals surface area (Å²) in [5.41, 5.74) is 2.85. The number of para-hydroxylation sites is 1. The van der Waals surface area contributed by atoms with Crippen LogP contribution in [0.4, 0.5) is 5.69 Å². The van der Waals surface area contributed by atoms with E-state index in [-0.39, 0.29) is 11.8 Å². The van der Waals surface area contributed by atoms with E-state index in [1.54, 1.807) is 19.0 Å². The van der Waals surface area contributed by atoms with Gasteiger partial charge in [0.1, 0.15) is 5.75 Å². The number of carbonyl (C=O) groups is 2. The minimum atomic E-state index is -0.575. The molecule has 0 aromatic heterocycles. The smallest absolute Gasteiger partial charge is 0.265 e. The molecule has 2 unspecified atom stereocenters. The molecule has 0 radical (unpaired) electrons. The lowest BCUT2D eigenvalue weighted by atomic mass is 9.98. The van der Waals surface area contributed by atoms with E-state index in [4.69, 9.17) is 4.74 Å². The highest BCUT2D eigenvalue weighted by atomic mass is 16.5. The second-order valence-electron chi connectivity index (χ2n) is 7.84. The molecule has 0 aliphatic heterocycles. The number of nitrogens with one attached hydrogen (secondary N) is 1. The van der Waals surface area contributed by atoms with E-state index in [1.807, 2.05) is 49.4 Å². The first-order valence-electron chi connectivity index (χ1n) is 10.7. The lowest BCUT2D eigenvalue weighted by Gasteiger charge is -2.21. The molecule has 0 aliphatic carbocycles. The second kappa shape index (κ2) is 11.4. The maximum Gasteiger partial charge on any atom is 0.265 e. The lowest BCUT2D eigenvalue weighted by Crippen LogP contribution is -2.32. The van der Waals surface area contributed by atoms with Crippen LogP contribution in [0.3, 0.4) is 0 Å². The maximum atomic E-state index is 12.9. The van der Waals surface area contributed by atoms with Crippen molar-refractivity contribution in [2.75, 3.05) is 19.4 Å². The van der Waals surface area contributed by atoms with Crippen LogP contribution in [0.5, 0.6) is 5.75 Å². The molecular formula is C25H34N2O3. The summed E-state index contributed by atoms with van der Waals surface area (Å²) in [6.07, 6.45) is 2.08. The Morgan fingerprint density at radius 3 is 2.43 bits per heavy atom. The molecule has 0 aliphatic rings. The Balaban J connectivity index is 2.06. The van der Waals surface area contributed by atoms with E-state index in [2.05, 4.69) is 25.2 Å². The Labute approximate surface area is 180 Å². The van der Waals surface area contributed by atoms with Gasteiger partial charge in [-0.3, -0.25) is 9.59 Å². The fourth-order valence-electron chi connectivity index (χ4n) is 3.19. The third-order valence-corrected chi connectivity index (χ3v) is 5.32. The molecule has 30 heavy (non-hydrogen) atoms. The summed E-state index contributed by atoms with van der Waals surface area (Å²) in [5.74, 6) is 1.05. The molecule has 162 valence electrons. The summed E-state index contributed by atoms with van der Waals surface area (Å²) in [5, 5.41) is 2.97. The molecule has 2 rings (SSSR count). The molecule has 1 N–H and O–H groups in total. The highest BCUT2D eigenvalue weighted by Gasteiger charge is 2.21. The van der Waals surface area contributed by atoms with Gasteiger partial charge >= 0.3 is 0 Å². The van der Waals surface area contributed by atoms with Crippen molar-refractivity contribution in [1.29, 1.82) is 0 Å². The van der Waals surface area contributed by atoms with Gasteiger partial charge in [0.2, 0.25) is 5.91 Å². The minimum Gasteiger partial charge on any atom is -0.480 e. The molecule has 2 atom stereocenters. The SMILES string of the molecule is CCC(Oc1ccccc1C(C)CC)C(=O)Nc1cccc(CCC(=O)N(C)C)c1. The van der Waals surface area contributed by atoms with Gasteiger partial charge in [0.15, 0.2) is 6.10 Å². The lowest BCUT2D eigenvalue weighted by molar-refractivity contribution is -0.128. The van der Waals surface area contributed by atoms with Crippen LogP contribution in [0.15, 0.2) is 48.5 Å². The summed E-state index contributed by atoms with van der Waals surface area (Å²) in [4.78, 5) is 26.3. The van der Waals surface area contributed by atoms with Gasteiger partial charge in [-0.05, 0) is 54.5 Å². The predicted molar refractivity (Wildman–Crippen MR) is 122 cm³/mol. The first kappa shape index (κ1) is 23.5. The molecule has 0 bridgehead atoms. The van der Waals surface area contributed by atoms with E-state index in [9.17, 15) is 9.59 Å². The molecule has 0 heterocycles. The molecule has 2 aromatic carbocycles. The zero-order valence-electron chi connectivity index (χ0n) is 18.8. The number of benzene rings is 2. The molecule has 5 heteroatoms. The number of hydrogen-bond donors (Lipinski definition) is 1. The van der Waals surface area contributed by atoms with Gasteiger partial charge in [-0.2, -0.15) is 0 Å². The van der Waals surface area contributed by atoms with Crippen molar-refractivity contribution < 1.29 is 14.3 Å². The predicted octanol–water partition coefficient (Wildman–Crippen LogP) is 5.02. The topological polar surface area (TPSA) is 58.6 Å². The summed E-state index contributed by atoms with van der Waals surface area (Å²) >= 11 is 0. The Bertz CT molecular complexity index is 848. The van der Waals surface area contributed by atoms with Gasteiger partial charge in [-0.15, -0.1) is 0 Å². The molecule has 0 saturated heterocycles. The standard InChI is InChI=1S/C25H34N2O3/c1-6-18(3)21-13-8-9-14-23(21)30-22(7-2)25(29)26-20-12-10-11-19(17-20)15-16-24(28)27(4)5/h8-14,17-18,22H,6-7,15-16H2,1-5H3,(H,26,29). The third kappa shape index (κ3) is 6.61. The van der Waals surface area contributed by atoms with Crippen LogP contribution in [0.2, 0.25) is 0 Å². The molecular weight excluding hydrogens is 376 g/mol. The van der Waals surface area contributed by atoms with Crippen LogP contribution in [-0.2, 0) is 16.0 Å². The average Bonchev–Trinajstić information content (AvgIpc) is 2.75. The molecule has 0 fully saturated rings. The zero-order chi connectivity index (χ0) is 22.1. The van der Waals surface area contributed by atoms with Gasteiger partial charge in [0, 0.05) is 26.2 Å². The average molecular weight is 411 g/mol. The second-order valence-corrected chi connectivity index (χ2v) is 7.84. The number of carbonyl (C=O) groups excluding carboxylic acids is 2. The molecule has 0 spiro atoms. The number of anilines is 1. The van der Waals surface area contributed by atoms with Crippen molar-refractivity contribution in [3.63, 3.8) is 0 Å². The van der Waals surface area contributed by atoms with Crippen LogP contribution in [0.1, 0.15) is 57.1 Å². The van der Waals surface area contributed by atoms with Crippen molar-refractivity contribution in [1.82, 2.24) is 4.90 Å². The highest BCUT2D eigenvalue weighted by Crippen LogP contribution is 2.29. The monoisotopic (exact) mass is 410 g/mol. The number of rotatable bonds is 10. The van der Waals surface area contributed by atoms with Crippen LogP contribution in [-0.4, -0.2) is 36.9 Å². The summed E-state index contributed by atoms with van der Waals surface area (Å²) in [6, 6.07) is 15.6. The van der Waals surface area contributed by atoms with Gasteiger partial charge in [-0.1, -0.05) is 51.1 Å². The van der Waals surface area contributed by atoms with Crippen LogP contribution in [0.25, 0.3) is 0 Å². The largest absolute Gasteiger partial charge is 0.480 e. The summed E-state index contributed by atoms with van der Waals surface area (Å²) in [7, 11) is 3.51. The van der Waals surface area contributed by atoms with Crippen LogP contribution >= 0.6 is 0 Å². The van der Waals surface area contributed by atoms with Crippen molar-refractivity contribution >= 4 is 17.5 Å². The Kier molecular flexibility index (Phi) is 8.90.